The fourth-order valence-corrected chi connectivity index (χ4v) is 4.48. The number of nitrogens with one attached hydrogen (secondary N) is 1. The van der Waals surface area contributed by atoms with Crippen LogP contribution in [0.15, 0.2) is 11.6 Å². The molecule has 1 aliphatic heterocycles. The lowest BCUT2D eigenvalue weighted by Gasteiger charge is -2.26. The molecule has 0 aliphatic carbocycles. The second-order valence-electron chi connectivity index (χ2n) is 4.43. The minimum absolute atomic E-state index is 0.0835. The number of anilines is 1. The fourth-order valence-electron chi connectivity index (χ4n) is 2.22. The molecule has 1 aromatic heterocycles. The predicted molar refractivity (Wildman–Crippen MR) is 75.0 cm³/mol. The lowest BCUT2D eigenvalue weighted by Crippen LogP contribution is -2.43. The topological polar surface area (TPSA) is 79.4 Å². The number of carbonyl (C=O) groups is 1. The largest absolute Gasteiger partial charge is 0.352 e. The number of amides is 1. The number of thiazole rings is 1. The molecule has 2 heterocycles. The first-order chi connectivity index (χ1) is 9.02. The normalized spacial score (nSPS) is 21.2. The summed E-state index contributed by atoms with van der Waals surface area (Å²) in [6, 6.07) is -0.180. The van der Waals surface area contributed by atoms with Crippen LogP contribution >= 0.6 is 11.3 Å². The van der Waals surface area contributed by atoms with E-state index < -0.39 is 9.84 Å². The Bertz CT molecular complexity index is 527. The number of hydrogen-bond donors (Lipinski definition) is 1. The van der Waals surface area contributed by atoms with Gasteiger partial charge < -0.3 is 10.2 Å². The maximum absolute atomic E-state index is 12.1. The monoisotopic (exact) mass is 303 g/mol. The number of hydrogen-bond acceptors (Lipinski definition) is 6. The van der Waals surface area contributed by atoms with Crippen LogP contribution in [0.25, 0.3) is 0 Å². The van der Waals surface area contributed by atoms with E-state index in [0.29, 0.717) is 18.1 Å². The van der Waals surface area contributed by atoms with Crippen LogP contribution in [0.2, 0.25) is 0 Å². The first kappa shape index (κ1) is 14.3. The van der Waals surface area contributed by atoms with Crippen LogP contribution in [-0.2, 0) is 14.6 Å². The van der Waals surface area contributed by atoms with Crippen molar-refractivity contribution in [2.45, 2.75) is 19.4 Å². The zero-order chi connectivity index (χ0) is 13.9. The lowest BCUT2D eigenvalue weighted by atomic mass is 10.2. The van der Waals surface area contributed by atoms with Crippen molar-refractivity contribution < 1.29 is 13.2 Å². The van der Waals surface area contributed by atoms with Crippen molar-refractivity contribution in [3.8, 4) is 0 Å². The Hall–Kier alpha value is -1.15. The number of likely N-dealkylation sites (N-methyl/N-ethyl adjacent to an activating group) is 1. The maximum Gasteiger partial charge on any atom is 0.242 e. The molecule has 1 amide bonds. The van der Waals surface area contributed by atoms with E-state index in [0.717, 1.165) is 0 Å². The van der Waals surface area contributed by atoms with Gasteiger partial charge in [0.05, 0.1) is 18.1 Å². The van der Waals surface area contributed by atoms with Gasteiger partial charge in [-0.25, -0.2) is 13.4 Å². The van der Waals surface area contributed by atoms with Gasteiger partial charge >= 0.3 is 0 Å². The van der Waals surface area contributed by atoms with E-state index in [4.69, 9.17) is 0 Å². The van der Waals surface area contributed by atoms with Gasteiger partial charge in [-0.3, -0.25) is 4.79 Å². The van der Waals surface area contributed by atoms with Crippen molar-refractivity contribution in [3.63, 3.8) is 0 Å². The molecule has 6 nitrogen and oxygen atoms in total. The summed E-state index contributed by atoms with van der Waals surface area (Å²) in [6.07, 6.45) is 2.21. The average molecular weight is 303 g/mol. The predicted octanol–water partition coefficient (Wildman–Crippen LogP) is 0.591. The molecule has 19 heavy (non-hydrogen) atoms. The highest BCUT2D eigenvalue weighted by Crippen LogP contribution is 2.18. The third-order valence-electron chi connectivity index (χ3n) is 3.13. The van der Waals surface area contributed by atoms with Crippen molar-refractivity contribution in [2.75, 3.05) is 29.9 Å². The molecule has 1 atom stereocenters. The standard InChI is InChI=1S/C11H17N3O3S2/c1-2-14(9-3-6-19(16,17)8-9)10(15)7-13-11-12-4-5-18-11/h4-5,9H,2-3,6-8H2,1H3,(H,12,13). The molecule has 1 saturated heterocycles. The van der Waals surface area contributed by atoms with Gasteiger partial charge in [-0.1, -0.05) is 0 Å². The van der Waals surface area contributed by atoms with Gasteiger partial charge in [0.2, 0.25) is 5.91 Å². The summed E-state index contributed by atoms with van der Waals surface area (Å²) in [6.45, 7) is 2.54. The lowest BCUT2D eigenvalue weighted by molar-refractivity contribution is -0.130. The Balaban J connectivity index is 1.92. The molecule has 1 fully saturated rings. The maximum atomic E-state index is 12.1. The van der Waals surface area contributed by atoms with Gasteiger partial charge in [0, 0.05) is 24.2 Å². The van der Waals surface area contributed by atoms with Gasteiger partial charge in [-0.15, -0.1) is 11.3 Å². The van der Waals surface area contributed by atoms with Crippen LogP contribution in [0.4, 0.5) is 5.13 Å². The molecular weight excluding hydrogens is 286 g/mol. The number of rotatable bonds is 5. The minimum Gasteiger partial charge on any atom is -0.352 e. The second-order valence-corrected chi connectivity index (χ2v) is 7.55. The summed E-state index contributed by atoms with van der Waals surface area (Å²) >= 11 is 1.43. The van der Waals surface area contributed by atoms with E-state index in [1.807, 2.05) is 12.3 Å². The molecule has 0 radical (unpaired) electrons. The molecule has 1 aromatic rings. The summed E-state index contributed by atoms with van der Waals surface area (Å²) in [7, 11) is -2.97. The smallest absolute Gasteiger partial charge is 0.242 e. The fraction of sp³-hybridized carbons (Fsp3) is 0.636. The summed E-state index contributed by atoms with van der Waals surface area (Å²) in [5.74, 6) is 0.186. The first-order valence-electron chi connectivity index (χ1n) is 6.15. The molecule has 0 spiro atoms. The average Bonchev–Trinajstić information content (AvgIpc) is 2.97. The van der Waals surface area contributed by atoms with Crippen LogP contribution in [-0.4, -0.2) is 54.8 Å². The Morgan fingerprint density at radius 1 is 1.63 bits per heavy atom. The van der Waals surface area contributed by atoms with Crippen molar-refractivity contribution in [2.24, 2.45) is 0 Å². The molecule has 1 aliphatic rings. The molecule has 0 saturated carbocycles. The van der Waals surface area contributed by atoms with Crippen LogP contribution in [0.3, 0.4) is 0 Å². The summed E-state index contributed by atoms with van der Waals surface area (Å²) < 4.78 is 22.9. The van der Waals surface area contributed by atoms with Crippen molar-refractivity contribution in [1.29, 1.82) is 0 Å². The van der Waals surface area contributed by atoms with Gasteiger partial charge in [-0.2, -0.15) is 0 Å². The molecule has 1 unspecified atom stereocenters. The number of nitrogens with zero attached hydrogens (tertiary/aromatic N) is 2. The molecule has 0 aromatic carbocycles. The summed E-state index contributed by atoms with van der Waals surface area (Å²) in [5.41, 5.74) is 0. The van der Waals surface area contributed by atoms with Gasteiger partial charge in [0.1, 0.15) is 0 Å². The van der Waals surface area contributed by atoms with E-state index >= 15 is 0 Å². The van der Waals surface area contributed by atoms with E-state index in [9.17, 15) is 13.2 Å². The van der Waals surface area contributed by atoms with E-state index in [-0.39, 0.29) is 30.0 Å². The zero-order valence-corrected chi connectivity index (χ0v) is 12.3. The third-order valence-corrected chi connectivity index (χ3v) is 5.61. The highest BCUT2D eigenvalue weighted by Gasteiger charge is 2.33. The molecule has 106 valence electrons. The van der Waals surface area contributed by atoms with Gasteiger partial charge in [0.25, 0.3) is 0 Å². The minimum atomic E-state index is -2.97. The Morgan fingerprint density at radius 2 is 2.42 bits per heavy atom. The van der Waals surface area contributed by atoms with Crippen molar-refractivity contribution in [1.82, 2.24) is 9.88 Å². The Labute approximate surface area is 116 Å². The number of carbonyl (C=O) groups excluding carboxylic acids is 1. The molecule has 1 N–H and O–H groups in total. The Kier molecular flexibility index (Phi) is 4.41. The van der Waals surface area contributed by atoms with E-state index in [1.54, 1.807) is 11.1 Å². The third kappa shape index (κ3) is 3.66. The van der Waals surface area contributed by atoms with Gasteiger partial charge in [-0.05, 0) is 13.3 Å². The summed E-state index contributed by atoms with van der Waals surface area (Å²) in [4.78, 5) is 17.8. The summed E-state index contributed by atoms with van der Waals surface area (Å²) in [5, 5.41) is 5.48. The highest BCUT2D eigenvalue weighted by atomic mass is 32.2. The highest BCUT2D eigenvalue weighted by molar-refractivity contribution is 7.91. The molecule has 8 heteroatoms. The van der Waals surface area contributed by atoms with Crippen LogP contribution in [0.1, 0.15) is 13.3 Å². The molecular formula is C11H17N3O3S2. The SMILES string of the molecule is CCN(C(=O)CNc1nccs1)C1CCS(=O)(=O)C1. The van der Waals surface area contributed by atoms with Crippen LogP contribution in [0, 0.1) is 0 Å². The van der Waals surface area contributed by atoms with E-state index in [1.165, 1.54) is 11.3 Å². The Morgan fingerprint density at radius 3 is 2.95 bits per heavy atom. The molecule has 0 bridgehead atoms. The first-order valence-corrected chi connectivity index (χ1v) is 8.85. The number of sulfone groups is 1. The van der Waals surface area contributed by atoms with Crippen LogP contribution < -0.4 is 5.32 Å². The zero-order valence-electron chi connectivity index (χ0n) is 10.7. The van der Waals surface area contributed by atoms with E-state index in [2.05, 4.69) is 10.3 Å². The van der Waals surface area contributed by atoms with Crippen molar-refractivity contribution >= 4 is 32.2 Å². The molecule has 2 rings (SSSR count). The van der Waals surface area contributed by atoms with Gasteiger partial charge in [0.15, 0.2) is 15.0 Å². The second kappa shape index (κ2) is 5.87. The van der Waals surface area contributed by atoms with Crippen LogP contribution in [0.5, 0.6) is 0 Å². The quantitative estimate of drug-likeness (QED) is 0.861. The number of aromatic nitrogens is 1. The van der Waals surface area contributed by atoms with Crippen molar-refractivity contribution in [3.05, 3.63) is 11.6 Å².